The van der Waals surface area contributed by atoms with Crippen molar-refractivity contribution in [1.29, 1.82) is 0 Å². The highest BCUT2D eigenvalue weighted by molar-refractivity contribution is 7.22. The Labute approximate surface area is 178 Å². The molecule has 0 fully saturated rings. The van der Waals surface area contributed by atoms with Crippen LogP contribution in [0.5, 0.6) is 0 Å². The first-order valence-corrected chi connectivity index (χ1v) is 10.6. The zero-order valence-electron chi connectivity index (χ0n) is 16.8. The van der Waals surface area contributed by atoms with Crippen LogP contribution >= 0.6 is 11.3 Å². The topological polar surface area (TPSA) is 46.3 Å². The van der Waals surface area contributed by atoms with Gasteiger partial charge >= 0.3 is 0 Å². The third-order valence-corrected chi connectivity index (χ3v) is 6.23. The van der Waals surface area contributed by atoms with Crippen molar-refractivity contribution in [2.75, 3.05) is 4.90 Å². The molecule has 3 aromatic carbocycles. The smallest absolute Gasteiger partial charge is 0.261 e. The van der Waals surface area contributed by atoms with Crippen molar-refractivity contribution in [1.82, 2.24) is 4.98 Å². The molecule has 2 heterocycles. The lowest BCUT2D eigenvalue weighted by atomic mass is 10.0. The summed E-state index contributed by atoms with van der Waals surface area (Å²) < 4.78 is 6.64. The van der Waals surface area contributed by atoms with E-state index in [1.807, 2.05) is 54.6 Å². The summed E-state index contributed by atoms with van der Waals surface area (Å²) in [6, 6.07) is 21.7. The second-order valence-electron chi connectivity index (χ2n) is 7.42. The monoisotopic (exact) mass is 412 g/mol. The van der Waals surface area contributed by atoms with Gasteiger partial charge in [0.1, 0.15) is 5.76 Å². The van der Waals surface area contributed by atoms with E-state index in [0.717, 1.165) is 32.3 Å². The van der Waals surface area contributed by atoms with Crippen molar-refractivity contribution in [2.24, 2.45) is 0 Å². The van der Waals surface area contributed by atoms with E-state index in [2.05, 4.69) is 26.0 Å². The average Bonchev–Trinajstić information content (AvgIpc) is 3.41. The van der Waals surface area contributed by atoms with Crippen molar-refractivity contribution in [3.8, 4) is 0 Å². The van der Waals surface area contributed by atoms with Gasteiger partial charge in [-0.25, -0.2) is 4.98 Å². The maximum absolute atomic E-state index is 13.8. The van der Waals surface area contributed by atoms with Crippen LogP contribution < -0.4 is 4.90 Å². The van der Waals surface area contributed by atoms with Crippen LogP contribution in [0.2, 0.25) is 0 Å². The van der Waals surface area contributed by atoms with Crippen LogP contribution in [0.1, 0.15) is 27.2 Å². The fraction of sp³-hybridized carbons (Fsp3) is 0.120. The molecule has 5 aromatic rings. The van der Waals surface area contributed by atoms with Crippen LogP contribution in [-0.2, 0) is 6.54 Å². The normalized spacial score (nSPS) is 11.3. The van der Waals surface area contributed by atoms with E-state index >= 15 is 0 Å². The van der Waals surface area contributed by atoms with Gasteiger partial charge in [-0.2, -0.15) is 0 Å². The second-order valence-corrected chi connectivity index (χ2v) is 8.43. The van der Waals surface area contributed by atoms with E-state index in [-0.39, 0.29) is 5.91 Å². The molecule has 5 heteroatoms. The number of aromatic nitrogens is 1. The molecular formula is C25H20N2O2S. The van der Waals surface area contributed by atoms with E-state index in [9.17, 15) is 4.79 Å². The van der Waals surface area contributed by atoms with Gasteiger partial charge in [0, 0.05) is 5.56 Å². The molecule has 1 amide bonds. The Morgan fingerprint density at radius 3 is 2.70 bits per heavy atom. The lowest BCUT2D eigenvalue weighted by Crippen LogP contribution is -2.30. The Morgan fingerprint density at radius 1 is 1.03 bits per heavy atom. The predicted molar refractivity (Wildman–Crippen MR) is 122 cm³/mol. The van der Waals surface area contributed by atoms with Crippen molar-refractivity contribution < 1.29 is 9.21 Å². The Hall–Kier alpha value is -3.44. The van der Waals surface area contributed by atoms with Crippen LogP contribution in [0.3, 0.4) is 0 Å². The lowest BCUT2D eigenvalue weighted by Gasteiger charge is -2.19. The minimum Gasteiger partial charge on any atom is -0.467 e. The lowest BCUT2D eigenvalue weighted by molar-refractivity contribution is 0.0985. The van der Waals surface area contributed by atoms with Crippen LogP contribution in [0.25, 0.3) is 21.0 Å². The molecule has 0 bridgehead atoms. The van der Waals surface area contributed by atoms with E-state index in [0.29, 0.717) is 17.2 Å². The number of benzene rings is 3. The third-order valence-electron chi connectivity index (χ3n) is 5.21. The summed E-state index contributed by atoms with van der Waals surface area (Å²) >= 11 is 1.54. The van der Waals surface area contributed by atoms with Gasteiger partial charge in [-0.05, 0) is 60.0 Å². The summed E-state index contributed by atoms with van der Waals surface area (Å²) in [7, 11) is 0. The number of carbonyl (C=O) groups is 1. The van der Waals surface area contributed by atoms with Crippen molar-refractivity contribution >= 4 is 43.4 Å². The van der Waals surface area contributed by atoms with Gasteiger partial charge in [0.2, 0.25) is 0 Å². The number of aryl methyl sites for hydroxylation is 2. The van der Waals surface area contributed by atoms with Crippen molar-refractivity contribution in [2.45, 2.75) is 20.4 Å². The standard InChI is InChI=1S/C25H20N2O2S/c1-16-13-17(2)23-22(14-16)30-25(26-23)27(15-19-9-6-12-29-19)24(28)21-11-5-8-18-7-3-4-10-20(18)21/h3-14H,15H2,1-2H3. The Kier molecular flexibility index (Phi) is 4.60. The number of rotatable bonds is 4. The van der Waals surface area contributed by atoms with Crippen molar-refractivity contribution in [3.63, 3.8) is 0 Å². The van der Waals surface area contributed by atoms with Crippen molar-refractivity contribution in [3.05, 3.63) is 95.4 Å². The molecule has 148 valence electrons. The molecule has 0 saturated heterocycles. The SMILES string of the molecule is Cc1cc(C)c2nc(N(Cc3ccco3)C(=O)c3cccc4ccccc34)sc2c1. The molecule has 2 aromatic heterocycles. The number of thiazole rings is 1. The maximum atomic E-state index is 13.8. The fourth-order valence-corrected chi connectivity index (χ4v) is 4.96. The van der Waals surface area contributed by atoms with Gasteiger partial charge in [0.05, 0.1) is 23.0 Å². The van der Waals surface area contributed by atoms with Gasteiger partial charge in [0.15, 0.2) is 5.13 Å². The van der Waals surface area contributed by atoms with Gasteiger partial charge in [-0.15, -0.1) is 0 Å². The molecule has 0 N–H and O–H groups in total. The Bertz CT molecular complexity index is 1360. The second kappa shape index (κ2) is 7.43. The maximum Gasteiger partial charge on any atom is 0.261 e. The summed E-state index contributed by atoms with van der Waals surface area (Å²) in [6.07, 6.45) is 1.63. The fourth-order valence-electron chi connectivity index (χ4n) is 3.82. The number of hydrogen-bond donors (Lipinski definition) is 0. The van der Waals surface area contributed by atoms with Gasteiger partial charge in [-0.3, -0.25) is 9.69 Å². The van der Waals surface area contributed by atoms with Crippen LogP contribution in [-0.4, -0.2) is 10.9 Å². The average molecular weight is 413 g/mol. The number of fused-ring (bicyclic) bond motifs is 2. The number of anilines is 1. The number of carbonyl (C=O) groups excluding carboxylic acids is 1. The summed E-state index contributed by atoms with van der Waals surface area (Å²) in [5, 5.41) is 2.65. The molecule has 0 aliphatic heterocycles. The minimum absolute atomic E-state index is 0.0865. The van der Waals surface area contributed by atoms with E-state index in [1.54, 1.807) is 11.2 Å². The first-order chi connectivity index (χ1) is 14.6. The number of furan rings is 1. The van der Waals surface area contributed by atoms with Gasteiger partial charge in [-0.1, -0.05) is 53.8 Å². The molecular weight excluding hydrogens is 392 g/mol. The zero-order chi connectivity index (χ0) is 20.7. The molecule has 5 rings (SSSR count). The molecule has 0 spiro atoms. The molecule has 0 radical (unpaired) electrons. The highest BCUT2D eigenvalue weighted by Gasteiger charge is 2.24. The van der Waals surface area contributed by atoms with Crippen LogP contribution in [0.4, 0.5) is 5.13 Å². The van der Waals surface area contributed by atoms with Gasteiger partial charge < -0.3 is 4.42 Å². The highest BCUT2D eigenvalue weighted by atomic mass is 32.1. The largest absolute Gasteiger partial charge is 0.467 e. The quantitative estimate of drug-likeness (QED) is 0.338. The molecule has 30 heavy (non-hydrogen) atoms. The molecule has 0 unspecified atom stereocenters. The molecule has 4 nitrogen and oxygen atoms in total. The Morgan fingerprint density at radius 2 is 1.87 bits per heavy atom. The summed E-state index contributed by atoms with van der Waals surface area (Å²) in [5.41, 5.74) is 3.90. The summed E-state index contributed by atoms with van der Waals surface area (Å²) in [6.45, 7) is 4.46. The summed E-state index contributed by atoms with van der Waals surface area (Å²) in [5.74, 6) is 0.632. The number of hydrogen-bond acceptors (Lipinski definition) is 4. The van der Waals surface area contributed by atoms with Gasteiger partial charge in [0.25, 0.3) is 5.91 Å². The minimum atomic E-state index is -0.0865. The number of amides is 1. The molecule has 0 atom stereocenters. The van der Waals surface area contributed by atoms with Crippen LogP contribution in [0, 0.1) is 13.8 Å². The number of nitrogens with zero attached hydrogens (tertiary/aromatic N) is 2. The predicted octanol–water partition coefficient (Wildman–Crippen LogP) is 6.51. The molecule has 0 aliphatic rings. The third kappa shape index (κ3) is 3.27. The molecule has 0 saturated carbocycles. The van der Waals surface area contributed by atoms with E-state index in [4.69, 9.17) is 9.40 Å². The highest BCUT2D eigenvalue weighted by Crippen LogP contribution is 2.34. The first-order valence-electron chi connectivity index (χ1n) is 9.80. The zero-order valence-corrected chi connectivity index (χ0v) is 17.6. The summed E-state index contributed by atoms with van der Waals surface area (Å²) in [4.78, 5) is 20.3. The Balaban J connectivity index is 1.65. The van der Waals surface area contributed by atoms with E-state index < -0.39 is 0 Å². The first kappa shape index (κ1) is 18.6. The van der Waals surface area contributed by atoms with Crippen LogP contribution in [0.15, 0.2) is 77.4 Å². The molecule has 0 aliphatic carbocycles. The van der Waals surface area contributed by atoms with E-state index in [1.165, 1.54) is 16.9 Å².